The van der Waals surface area contributed by atoms with Gasteiger partial charge in [-0.2, -0.15) is 0 Å². The van der Waals surface area contributed by atoms with Crippen LogP contribution in [0.1, 0.15) is 27.2 Å². The molecular weight excluding hydrogens is 322 g/mol. The number of urea groups is 1. The Morgan fingerprint density at radius 1 is 1.16 bits per heavy atom. The first kappa shape index (κ1) is 18.8. The second-order valence-electron chi connectivity index (χ2n) is 6.94. The van der Waals surface area contributed by atoms with Crippen LogP contribution in [0, 0.1) is 17.8 Å². The highest BCUT2D eigenvalue weighted by Gasteiger charge is 2.31. The van der Waals surface area contributed by atoms with Gasteiger partial charge in [-0.15, -0.1) is 0 Å². The van der Waals surface area contributed by atoms with Gasteiger partial charge in [0.05, 0.1) is 5.92 Å². The van der Waals surface area contributed by atoms with E-state index >= 15 is 0 Å². The lowest BCUT2D eigenvalue weighted by Crippen LogP contribution is -2.47. The first-order chi connectivity index (χ1) is 11.8. The van der Waals surface area contributed by atoms with Crippen molar-refractivity contribution in [3.05, 3.63) is 24.3 Å². The number of carboxylic acids is 1. The molecule has 136 valence electrons. The Bertz CT molecular complexity index is 659. The van der Waals surface area contributed by atoms with Crippen LogP contribution >= 0.6 is 0 Å². The predicted molar refractivity (Wildman–Crippen MR) is 95.4 cm³/mol. The standard InChI is InChI=1S/C18H25N3O4/c1-11(2)16(22)19-14-5-4-6-15(8-14)20-18(25)21-9-12(3)7-13(10-21)17(23)24/h4-6,8,11-13H,7,9-10H2,1-3H3,(H,19,22)(H,20,25)(H,23,24). The van der Waals surface area contributed by atoms with Gasteiger partial charge in [0.25, 0.3) is 0 Å². The average molecular weight is 347 g/mol. The van der Waals surface area contributed by atoms with E-state index in [1.807, 2.05) is 6.92 Å². The number of anilines is 2. The first-order valence-corrected chi connectivity index (χ1v) is 8.46. The minimum Gasteiger partial charge on any atom is -0.481 e. The molecule has 0 spiro atoms. The smallest absolute Gasteiger partial charge is 0.321 e. The molecule has 1 aromatic carbocycles. The molecule has 2 unspecified atom stereocenters. The van der Waals surface area contributed by atoms with Crippen molar-refractivity contribution in [3.8, 4) is 0 Å². The van der Waals surface area contributed by atoms with E-state index in [2.05, 4.69) is 10.6 Å². The third-order valence-electron chi connectivity index (χ3n) is 4.20. The van der Waals surface area contributed by atoms with Crippen molar-refractivity contribution >= 4 is 29.3 Å². The van der Waals surface area contributed by atoms with Crippen molar-refractivity contribution in [1.29, 1.82) is 0 Å². The number of carbonyl (C=O) groups is 3. The summed E-state index contributed by atoms with van der Waals surface area (Å²) in [6, 6.07) is 6.57. The summed E-state index contributed by atoms with van der Waals surface area (Å²) >= 11 is 0. The van der Waals surface area contributed by atoms with Gasteiger partial charge in [0, 0.05) is 30.4 Å². The molecule has 1 aliphatic heterocycles. The summed E-state index contributed by atoms with van der Waals surface area (Å²) in [5.41, 5.74) is 1.16. The fourth-order valence-electron chi connectivity index (χ4n) is 2.86. The lowest BCUT2D eigenvalue weighted by Gasteiger charge is -2.34. The summed E-state index contributed by atoms with van der Waals surface area (Å²) < 4.78 is 0. The number of hydrogen-bond donors (Lipinski definition) is 3. The SMILES string of the molecule is CC1CC(C(=O)O)CN(C(=O)Nc2cccc(NC(=O)C(C)C)c2)C1. The molecule has 25 heavy (non-hydrogen) atoms. The molecule has 7 nitrogen and oxygen atoms in total. The lowest BCUT2D eigenvalue weighted by atomic mass is 9.91. The fraction of sp³-hybridized carbons (Fsp3) is 0.500. The van der Waals surface area contributed by atoms with Crippen LogP contribution in [-0.2, 0) is 9.59 Å². The van der Waals surface area contributed by atoms with E-state index < -0.39 is 11.9 Å². The molecule has 2 rings (SSSR count). The zero-order chi connectivity index (χ0) is 18.6. The van der Waals surface area contributed by atoms with Gasteiger partial charge in [-0.25, -0.2) is 4.79 Å². The monoisotopic (exact) mass is 347 g/mol. The number of carboxylic acid groups (broad SMARTS) is 1. The number of carbonyl (C=O) groups excluding carboxylic acids is 2. The summed E-state index contributed by atoms with van der Waals surface area (Å²) in [4.78, 5) is 37.0. The highest BCUT2D eigenvalue weighted by Crippen LogP contribution is 2.23. The number of amides is 3. The van der Waals surface area contributed by atoms with E-state index in [-0.39, 0.29) is 30.3 Å². The minimum absolute atomic E-state index is 0.0994. The number of benzene rings is 1. The molecular formula is C18H25N3O4. The molecule has 0 aliphatic carbocycles. The molecule has 3 N–H and O–H groups in total. The van der Waals surface area contributed by atoms with Crippen LogP contribution in [-0.4, -0.2) is 41.0 Å². The molecule has 7 heteroatoms. The first-order valence-electron chi connectivity index (χ1n) is 8.46. The predicted octanol–water partition coefficient (Wildman–Crippen LogP) is 2.86. The highest BCUT2D eigenvalue weighted by molar-refractivity contribution is 5.94. The number of nitrogens with one attached hydrogen (secondary N) is 2. The number of likely N-dealkylation sites (tertiary alicyclic amines) is 1. The van der Waals surface area contributed by atoms with Crippen molar-refractivity contribution in [3.63, 3.8) is 0 Å². The van der Waals surface area contributed by atoms with Gasteiger partial charge in [-0.3, -0.25) is 9.59 Å². The Morgan fingerprint density at radius 3 is 2.40 bits per heavy atom. The summed E-state index contributed by atoms with van der Waals surface area (Å²) in [7, 11) is 0. The van der Waals surface area contributed by atoms with E-state index in [0.717, 1.165) is 0 Å². The zero-order valence-corrected chi connectivity index (χ0v) is 14.8. The number of nitrogens with zero attached hydrogens (tertiary/aromatic N) is 1. The Morgan fingerprint density at radius 2 is 1.80 bits per heavy atom. The van der Waals surface area contributed by atoms with Crippen molar-refractivity contribution in [2.75, 3.05) is 23.7 Å². The van der Waals surface area contributed by atoms with Gasteiger partial charge in [0.1, 0.15) is 0 Å². The van der Waals surface area contributed by atoms with Gasteiger partial charge in [-0.05, 0) is 30.5 Å². The lowest BCUT2D eigenvalue weighted by molar-refractivity contribution is -0.143. The second-order valence-corrected chi connectivity index (χ2v) is 6.94. The van der Waals surface area contributed by atoms with Crippen LogP contribution in [0.25, 0.3) is 0 Å². The molecule has 1 heterocycles. The maximum absolute atomic E-state index is 12.5. The van der Waals surface area contributed by atoms with Gasteiger partial charge in [0.15, 0.2) is 0 Å². The van der Waals surface area contributed by atoms with Gasteiger partial charge in [-0.1, -0.05) is 26.8 Å². The van der Waals surface area contributed by atoms with Crippen molar-refractivity contribution in [2.24, 2.45) is 17.8 Å². The van der Waals surface area contributed by atoms with Gasteiger partial charge >= 0.3 is 12.0 Å². The van der Waals surface area contributed by atoms with E-state index in [0.29, 0.717) is 24.3 Å². The molecule has 3 amide bonds. The average Bonchev–Trinajstić information content (AvgIpc) is 2.54. The Labute approximate surface area is 147 Å². The summed E-state index contributed by atoms with van der Waals surface area (Å²) in [5.74, 6) is -1.51. The Kier molecular flexibility index (Phi) is 6.01. The maximum Gasteiger partial charge on any atom is 0.321 e. The topological polar surface area (TPSA) is 98.7 Å². The molecule has 1 fully saturated rings. The quantitative estimate of drug-likeness (QED) is 0.780. The maximum atomic E-state index is 12.5. The number of piperidine rings is 1. The normalized spacial score (nSPS) is 20.2. The zero-order valence-electron chi connectivity index (χ0n) is 14.8. The van der Waals surface area contributed by atoms with Gasteiger partial charge in [0.2, 0.25) is 5.91 Å². The summed E-state index contributed by atoms with van der Waals surface area (Å²) in [5, 5.41) is 14.8. The van der Waals surface area contributed by atoms with E-state index in [1.165, 1.54) is 4.90 Å². The number of hydrogen-bond acceptors (Lipinski definition) is 3. The molecule has 0 radical (unpaired) electrons. The molecule has 1 saturated heterocycles. The second kappa shape index (κ2) is 8.00. The van der Waals surface area contributed by atoms with Crippen LogP contribution in [0.4, 0.5) is 16.2 Å². The van der Waals surface area contributed by atoms with E-state index in [9.17, 15) is 19.5 Å². The van der Waals surface area contributed by atoms with Crippen molar-refractivity contribution in [2.45, 2.75) is 27.2 Å². The van der Waals surface area contributed by atoms with Crippen LogP contribution < -0.4 is 10.6 Å². The third kappa shape index (κ3) is 5.20. The molecule has 0 aromatic heterocycles. The summed E-state index contributed by atoms with van der Waals surface area (Å²) in [6.07, 6.45) is 0.579. The molecule has 2 atom stereocenters. The van der Waals surface area contributed by atoms with Crippen LogP contribution in [0.15, 0.2) is 24.3 Å². The van der Waals surface area contributed by atoms with E-state index in [4.69, 9.17) is 0 Å². The molecule has 1 aliphatic rings. The van der Waals surface area contributed by atoms with Crippen LogP contribution in [0.2, 0.25) is 0 Å². The Hall–Kier alpha value is -2.57. The third-order valence-corrected chi connectivity index (χ3v) is 4.20. The minimum atomic E-state index is -0.872. The molecule has 0 saturated carbocycles. The van der Waals surface area contributed by atoms with Crippen LogP contribution in [0.5, 0.6) is 0 Å². The number of aliphatic carboxylic acids is 1. The van der Waals surface area contributed by atoms with E-state index in [1.54, 1.807) is 38.1 Å². The highest BCUT2D eigenvalue weighted by atomic mass is 16.4. The molecule has 0 bridgehead atoms. The Balaban J connectivity index is 2.02. The summed E-state index contributed by atoms with van der Waals surface area (Å²) in [6.45, 7) is 6.28. The molecule has 1 aromatic rings. The van der Waals surface area contributed by atoms with Gasteiger partial charge < -0.3 is 20.6 Å². The number of rotatable bonds is 4. The van der Waals surface area contributed by atoms with Crippen LogP contribution in [0.3, 0.4) is 0 Å². The van der Waals surface area contributed by atoms with Crippen molar-refractivity contribution < 1.29 is 19.5 Å². The van der Waals surface area contributed by atoms with Crippen molar-refractivity contribution in [1.82, 2.24) is 4.90 Å². The fourth-order valence-corrected chi connectivity index (χ4v) is 2.86. The largest absolute Gasteiger partial charge is 0.481 e.